The number of primary amides is 1. The fourth-order valence-electron chi connectivity index (χ4n) is 4.15. The fourth-order valence-corrected chi connectivity index (χ4v) is 5.31. The molecular weight excluding hydrogens is 412 g/mol. The van der Waals surface area contributed by atoms with Crippen molar-refractivity contribution in [2.24, 2.45) is 5.73 Å². The van der Waals surface area contributed by atoms with Gasteiger partial charge in [-0.1, -0.05) is 30.3 Å². The second-order valence-electron chi connectivity index (χ2n) is 7.88. The Bertz CT molecular complexity index is 968. The molecule has 0 saturated carbocycles. The summed E-state index contributed by atoms with van der Waals surface area (Å²) in [4.78, 5) is 41.2. The van der Waals surface area contributed by atoms with E-state index in [1.54, 1.807) is 28.8 Å². The average molecular weight is 439 g/mol. The molecule has 0 aromatic heterocycles. The number of nitrogens with zero attached hydrogens (tertiary/aromatic N) is 2. The second-order valence-corrected chi connectivity index (χ2v) is 8.88. The van der Waals surface area contributed by atoms with E-state index in [-0.39, 0.29) is 23.8 Å². The van der Waals surface area contributed by atoms with Gasteiger partial charge in [-0.15, -0.1) is 11.8 Å². The van der Waals surface area contributed by atoms with Gasteiger partial charge in [0.1, 0.15) is 6.04 Å². The molecule has 2 saturated heterocycles. The van der Waals surface area contributed by atoms with Gasteiger partial charge in [0.15, 0.2) is 0 Å². The second kappa shape index (κ2) is 9.53. The van der Waals surface area contributed by atoms with Crippen LogP contribution in [0.2, 0.25) is 0 Å². The van der Waals surface area contributed by atoms with E-state index in [2.05, 4.69) is 10.2 Å². The number of nitrogens with one attached hydrogen (secondary N) is 1. The fraction of sp³-hybridized carbons (Fsp3) is 0.348. The summed E-state index contributed by atoms with van der Waals surface area (Å²) in [6.07, 6.45) is 1.74. The van der Waals surface area contributed by atoms with Crippen LogP contribution in [0.4, 0.5) is 5.69 Å². The third-order valence-electron chi connectivity index (χ3n) is 5.74. The first-order valence-electron chi connectivity index (χ1n) is 10.4. The van der Waals surface area contributed by atoms with Crippen molar-refractivity contribution in [2.75, 3.05) is 23.5 Å². The van der Waals surface area contributed by atoms with E-state index in [1.807, 2.05) is 42.5 Å². The highest BCUT2D eigenvalue weighted by molar-refractivity contribution is 7.99. The maximum absolute atomic E-state index is 13.0. The summed E-state index contributed by atoms with van der Waals surface area (Å²) in [5.74, 6) is 0.450. The highest BCUT2D eigenvalue weighted by Gasteiger charge is 2.35. The Morgan fingerprint density at radius 1 is 1.06 bits per heavy atom. The predicted octanol–water partition coefficient (Wildman–Crippen LogP) is 2.29. The van der Waals surface area contributed by atoms with E-state index in [4.69, 9.17) is 5.73 Å². The van der Waals surface area contributed by atoms with Crippen molar-refractivity contribution < 1.29 is 14.4 Å². The molecule has 8 heteroatoms. The molecule has 2 fully saturated rings. The van der Waals surface area contributed by atoms with Crippen molar-refractivity contribution in [1.82, 2.24) is 9.80 Å². The van der Waals surface area contributed by atoms with Crippen LogP contribution in [-0.4, -0.2) is 57.8 Å². The number of hydrogen-bond donors (Lipinski definition) is 2. The largest absolute Gasteiger partial charge is 0.368 e. The summed E-state index contributed by atoms with van der Waals surface area (Å²) in [6.45, 7) is 1.44. The topological polar surface area (TPSA) is 95.7 Å². The minimum absolute atomic E-state index is 0.133. The van der Waals surface area contributed by atoms with Crippen LogP contribution in [0.1, 0.15) is 28.8 Å². The van der Waals surface area contributed by atoms with E-state index in [9.17, 15) is 14.4 Å². The highest BCUT2D eigenvalue weighted by atomic mass is 32.2. The number of hydrogen-bond acceptors (Lipinski definition) is 5. The van der Waals surface area contributed by atoms with E-state index in [1.165, 1.54) is 0 Å². The number of likely N-dealkylation sites (tertiary alicyclic amines) is 1. The summed E-state index contributed by atoms with van der Waals surface area (Å²) in [7, 11) is 0. The monoisotopic (exact) mass is 438 g/mol. The summed E-state index contributed by atoms with van der Waals surface area (Å²) < 4.78 is 0. The zero-order valence-electron chi connectivity index (χ0n) is 17.2. The first kappa shape index (κ1) is 21.4. The van der Waals surface area contributed by atoms with Crippen molar-refractivity contribution in [3.05, 3.63) is 65.7 Å². The Labute approximate surface area is 186 Å². The molecule has 0 bridgehead atoms. The average Bonchev–Trinajstić information content (AvgIpc) is 3.44. The van der Waals surface area contributed by atoms with Gasteiger partial charge in [0.2, 0.25) is 11.8 Å². The van der Waals surface area contributed by atoms with Crippen LogP contribution in [0, 0.1) is 0 Å². The SMILES string of the molecule is NC(=O)C1CCCN1Cc1cccc(NC(=O)[C@@H]2CSCN2C(=O)c2ccccc2)c1. The molecule has 0 radical (unpaired) electrons. The van der Waals surface area contributed by atoms with Crippen LogP contribution in [-0.2, 0) is 16.1 Å². The van der Waals surface area contributed by atoms with Crippen molar-refractivity contribution in [1.29, 1.82) is 0 Å². The Balaban J connectivity index is 1.42. The predicted molar refractivity (Wildman–Crippen MR) is 121 cm³/mol. The molecule has 31 heavy (non-hydrogen) atoms. The Morgan fingerprint density at radius 3 is 2.65 bits per heavy atom. The van der Waals surface area contributed by atoms with E-state index in [0.29, 0.717) is 29.4 Å². The molecule has 3 N–H and O–H groups in total. The number of anilines is 1. The number of carbonyl (C=O) groups is 3. The summed E-state index contributed by atoms with van der Waals surface area (Å²) in [6, 6.07) is 15.9. The molecule has 2 aliphatic rings. The Morgan fingerprint density at radius 2 is 1.87 bits per heavy atom. The number of benzene rings is 2. The Kier molecular flexibility index (Phi) is 6.58. The van der Waals surface area contributed by atoms with Crippen molar-refractivity contribution >= 4 is 35.2 Å². The molecule has 1 unspecified atom stereocenters. The van der Waals surface area contributed by atoms with Crippen LogP contribution in [0.5, 0.6) is 0 Å². The zero-order chi connectivity index (χ0) is 21.8. The molecular formula is C23H26N4O3S. The van der Waals surface area contributed by atoms with E-state index in [0.717, 1.165) is 24.9 Å². The molecule has 162 valence electrons. The quantitative estimate of drug-likeness (QED) is 0.722. The van der Waals surface area contributed by atoms with Crippen molar-refractivity contribution in [3.8, 4) is 0 Å². The van der Waals surface area contributed by atoms with Crippen molar-refractivity contribution in [3.63, 3.8) is 0 Å². The molecule has 7 nitrogen and oxygen atoms in total. The molecule has 2 aromatic rings. The normalized spacial score (nSPS) is 21.2. The number of amides is 3. The first-order valence-corrected chi connectivity index (χ1v) is 11.6. The molecule has 2 aliphatic heterocycles. The van der Waals surface area contributed by atoms with Gasteiger partial charge in [-0.2, -0.15) is 0 Å². The summed E-state index contributed by atoms with van der Waals surface area (Å²) in [5.41, 5.74) is 7.78. The van der Waals surface area contributed by atoms with Gasteiger partial charge < -0.3 is 16.0 Å². The van der Waals surface area contributed by atoms with E-state index >= 15 is 0 Å². The lowest BCUT2D eigenvalue weighted by Crippen LogP contribution is -2.44. The van der Waals surface area contributed by atoms with Crippen LogP contribution in [0.3, 0.4) is 0 Å². The summed E-state index contributed by atoms with van der Waals surface area (Å²) >= 11 is 1.57. The standard InChI is InChI=1S/C23H26N4O3S/c24-21(28)19-10-5-11-26(19)13-16-6-4-9-18(12-16)25-22(29)20-14-31-15-27(20)23(30)17-7-2-1-3-8-17/h1-4,6-9,12,19-20H,5,10-11,13-15H2,(H2,24,28)(H,25,29)/t19?,20-/m0/s1. The maximum atomic E-state index is 13.0. The lowest BCUT2D eigenvalue weighted by atomic mass is 10.1. The van der Waals surface area contributed by atoms with Crippen molar-refractivity contribution in [2.45, 2.75) is 31.5 Å². The lowest BCUT2D eigenvalue weighted by Gasteiger charge is -2.24. The molecule has 0 spiro atoms. The molecule has 2 heterocycles. The van der Waals surface area contributed by atoms with Gasteiger partial charge in [0.25, 0.3) is 5.91 Å². The smallest absolute Gasteiger partial charge is 0.255 e. The minimum Gasteiger partial charge on any atom is -0.368 e. The number of thioether (sulfide) groups is 1. The first-order chi connectivity index (χ1) is 15.0. The molecule has 0 aliphatic carbocycles. The third-order valence-corrected chi connectivity index (χ3v) is 6.75. The van der Waals surface area contributed by atoms with Crippen LogP contribution in [0.15, 0.2) is 54.6 Å². The van der Waals surface area contributed by atoms with Crippen LogP contribution < -0.4 is 11.1 Å². The molecule has 2 aromatic carbocycles. The minimum atomic E-state index is -0.515. The number of nitrogens with two attached hydrogens (primary N) is 1. The van der Waals surface area contributed by atoms with Crippen LogP contribution in [0.25, 0.3) is 0 Å². The lowest BCUT2D eigenvalue weighted by molar-refractivity contribution is -0.122. The third kappa shape index (κ3) is 4.91. The molecule has 4 rings (SSSR count). The maximum Gasteiger partial charge on any atom is 0.255 e. The number of carbonyl (C=O) groups excluding carboxylic acids is 3. The van der Waals surface area contributed by atoms with Gasteiger partial charge in [-0.05, 0) is 49.2 Å². The van der Waals surface area contributed by atoms with Gasteiger partial charge in [-0.25, -0.2) is 0 Å². The van der Waals surface area contributed by atoms with Gasteiger partial charge in [0, 0.05) is 23.5 Å². The van der Waals surface area contributed by atoms with Gasteiger partial charge in [-0.3, -0.25) is 19.3 Å². The number of rotatable bonds is 6. The summed E-state index contributed by atoms with van der Waals surface area (Å²) in [5, 5.41) is 2.96. The molecule has 2 atom stereocenters. The van der Waals surface area contributed by atoms with Gasteiger partial charge in [0.05, 0.1) is 11.9 Å². The zero-order valence-corrected chi connectivity index (χ0v) is 18.0. The van der Waals surface area contributed by atoms with E-state index < -0.39 is 6.04 Å². The highest BCUT2D eigenvalue weighted by Crippen LogP contribution is 2.25. The van der Waals surface area contributed by atoms with Crippen LogP contribution >= 0.6 is 11.8 Å². The Hall–Kier alpha value is -2.84. The van der Waals surface area contributed by atoms with Gasteiger partial charge >= 0.3 is 0 Å². The molecule has 3 amide bonds.